The number of nitrogens with zero attached hydrogens (tertiary/aromatic N) is 1. The largest absolute Gasteiger partial charge is 0.508 e. The summed E-state index contributed by atoms with van der Waals surface area (Å²) in [5.41, 5.74) is 2.34. The molecule has 5 rings (SSSR count). The first-order valence-corrected chi connectivity index (χ1v) is 12.1. The molecular formula is C28H28N2O8. The van der Waals surface area contributed by atoms with Gasteiger partial charge in [-0.15, -0.1) is 0 Å². The lowest BCUT2D eigenvalue weighted by Crippen LogP contribution is -2.70. The van der Waals surface area contributed by atoms with Crippen LogP contribution in [0, 0.1) is 11.8 Å². The van der Waals surface area contributed by atoms with Crippen LogP contribution >= 0.6 is 0 Å². The van der Waals surface area contributed by atoms with E-state index in [0.717, 1.165) is 5.56 Å². The molecule has 3 aliphatic rings. The van der Waals surface area contributed by atoms with Crippen LogP contribution in [-0.2, 0) is 20.8 Å². The number of likely N-dealkylation sites (N-methyl/N-ethyl adjacent to an activating group) is 1. The number of aliphatic hydroxyl groups is 4. The number of amides is 1. The van der Waals surface area contributed by atoms with Gasteiger partial charge in [0.2, 0.25) is 5.78 Å². The number of Topliss-reactive ketones (excluding diaryl/α,β-unsaturated/α-hetero) is 2. The molecule has 198 valence electrons. The number of hydrogen-bond donors (Lipinski definition) is 6. The van der Waals surface area contributed by atoms with Gasteiger partial charge in [-0.1, -0.05) is 42.5 Å². The second kappa shape index (κ2) is 8.80. The number of phenols is 1. The molecule has 0 heterocycles. The number of aliphatic hydroxyl groups excluding tert-OH is 3. The first-order valence-electron chi connectivity index (χ1n) is 12.1. The molecule has 0 aliphatic heterocycles. The van der Waals surface area contributed by atoms with Gasteiger partial charge in [0.15, 0.2) is 11.4 Å². The summed E-state index contributed by atoms with van der Waals surface area (Å²) in [5, 5.41) is 56.6. The Morgan fingerprint density at radius 3 is 2.29 bits per heavy atom. The number of nitrogens with two attached hydrogens (primary N) is 1. The fraction of sp³-hybridized carbons (Fsp3) is 0.321. The molecule has 3 aliphatic carbocycles. The lowest BCUT2D eigenvalue weighted by atomic mass is 9.53. The van der Waals surface area contributed by atoms with E-state index in [1.54, 1.807) is 12.1 Å². The van der Waals surface area contributed by atoms with E-state index in [4.69, 9.17) is 5.73 Å². The van der Waals surface area contributed by atoms with Gasteiger partial charge < -0.3 is 31.3 Å². The summed E-state index contributed by atoms with van der Waals surface area (Å²) in [5.74, 6) is -9.09. The molecule has 6 atom stereocenters. The first-order chi connectivity index (χ1) is 17.9. The summed E-state index contributed by atoms with van der Waals surface area (Å²) < 4.78 is 0. The van der Waals surface area contributed by atoms with Crippen molar-refractivity contribution in [1.29, 1.82) is 0 Å². The van der Waals surface area contributed by atoms with Crippen LogP contribution in [-0.4, -0.2) is 79.7 Å². The van der Waals surface area contributed by atoms with Crippen LogP contribution in [0.2, 0.25) is 0 Å². The second-order valence-corrected chi connectivity index (χ2v) is 10.3. The van der Waals surface area contributed by atoms with Crippen molar-refractivity contribution in [3.8, 4) is 5.75 Å². The maximum Gasteiger partial charge on any atom is 0.255 e. The zero-order valence-corrected chi connectivity index (χ0v) is 20.7. The SMILES string of the molecule is CN(C)[C@H]1C(=O)C(C(N)=O)=C(O)[C@]2(O)C(=O)C3=C(O)c4c(O)cccc4C(Cc4ccccc4)[C@@H]3[C@@H](O)[C@H]12. The molecule has 0 aromatic heterocycles. The van der Waals surface area contributed by atoms with E-state index in [-0.39, 0.29) is 17.7 Å². The average molecular weight is 521 g/mol. The third-order valence-corrected chi connectivity index (χ3v) is 8.10. The maximum absolute atomic E-state index is 14.1. The average Bonchev–Trinajstić information content (AvgIpc) is 2.86. The van der Waals surface area contributed by atoms with Gasteiger partial charge in [0, 0.05) is 11.5 Å². The molecule has 2 aromatic rings. The minimum absolute atomic E-state index is 0.0306. The number of fused-ring (bicyclic) bond motifs is 3. The van der Waals surface area contributed by atoms with E-state index in [2.05, 4.69) is 0 Å². The monoisotopic (exact) mass is 520 g/mol. The van der Waals surface area contributed by atoms with Crippen molar-refractivity contribution < 1.29 is 39.9 Å². The van der Waals surface area contributed by atoms with E-state index in [1.165, 1.54) is 25.1 Å². The molecule has 10 nitrogen and oxygen atoms in total. The van der Waals surface area contributed by atoms with Gasteiger partial charge >= 0.3 is 0 Å². The van der Waals surface area contributed by atoms with Crippen molar-refractivity contribution in [3.63, 3.8) is 0 Å². The smallest absolute Gasteiger partial charge is 0.255 e. The predicted octanol–water partition coefficient (Wildman–Crippen LogP) is 0.719. The van der Waals surface area contributed by atoms with Crippen LogP contribution in [0.4, 0.5) is 0 Å². The second-order valence-electron chi connectivity index (χ2n) is 10.3. The van der Waals surface area contributed by atoms with Crippen molar-refractivity contribution in [2.45, 2.75) is 30.1 Å². The zero-order valence-electron chi connectivity index (χ0n) is 20.7. The number of benzene rings is 2. The molecule has 0 bridgehead atoms. The van der Waals surface area contributed by atoms with Crippen molar-refractivity contribution in [3.05, 3.63) is 82.1 Å². The molecular weight excluding hydrogens is 492 g/mol. The fourth-order valence-electron chi connectivity index (χ4n) is 6.50. The van der Waals surface area contributed by atoms with Gasteiger partial charge in [0.1, 0.15) is 22.8 Å². The van der Waals surface area contributed by atoms with Crippen LogP contribution in [0.25, 0.3) is 5.76 Å². The maximum atomic E-state index is 14.1. The predicted molar refractivity (Wildman–Crippen MR) is 135 cm³/mol. The number of phenolic OH excluding ortho intramolecular Hbond substituents is 1. The molecule has 0 radical (unpaired) electrons. The highest BCUT2D eigenvalue weighted by molar-refractivity contribution is 6.24. The summed E-state index contributed by atoms with van der Waals surface area (Å²) in [6.07, 6.45) is -1.37. The zero-order chi connectivity index (χ0) is 27.7. The highest BCUT2D eigenvalue weighted by Crippen LogP contribution is 2.56. The fourth-order valence-corrected chi connectivity index (χ4v) is 6.50. The lowest BCUT2D eigenvalue weighted by molar-refractivity contribution is -0.169. The number of aromatic hydroxyl groups is 1. The Balaban J connectivity index is 1.81. The molecule has 0 spiro atoms. The van der Waals surface area contributed by atoms with E-state index >= 15 is 0 Å². The summed E-state index contributed by atoms with van der Waals surface area (Å²) in [4.78, 5) is 40.9. The Morgan fingerprint density at radius 2 is 1.68 bits per heavy atom. The van der Waals surface area contributed by atoms with Crippen LogP contribution in [0.5, 0.6) is 5.75 Å². The molecule has 1 amide bonds. The number of primary amides is 1. The minimum atomic E-state index is -2.94. The number of hydrogen-bond acceptors (Lipinski definition) is 9. The Kier molecular flexibility index (Phi) is 5.94. The van der Waals surface area contributed by atoms with Crippen LogP contribution in [0.1, 0.15) is 22.6 Å². The highest BCUT2D eigenvalue weighted by Gasteiger charge is 2.68. The summed E-state index contributed by atoms with van der Waals surface area (Å²) in [6, 6.07) is 12.4. The van der Waals surface area contributed by atoms with Gasteiger partial charge in [0.25, 0.3) is 5.91 Å². The van der Waals surface area contributed by atoms with Crippen molar-refractivity contribution in [2.24, 2.45) is 17.6 Å². The third-order valence-electron chi connectivity index (χ3n) is 8.10. The van der Waals surface area contributed by atoms with Gasteiger partial charge in [-0.3, -0.25) is 19.3 Å². The molecule has 38 heavy (non-hydrogen) atoms. The van der Waals surface area contributed by atoms with Crippen molar-refractivity contribution >= 4 is 23.2 Å². The summed E-state index contributed by atoms with van der Waals surface area (Å²) in [6.45, 7) is 0. The first kappa shape index (κ1) is 25.7. The number of carbonyl (C=O) groups is 3. The van der Waals surface area contributed by atoms with Crippen molar-refractivity contribution in [2.75, 3.05) is 14.1 Å². The Hall–Kier alpha value is -3.99. The molecule has 1 saturated carbocycles. The highest BCUT2D eigenvalue weighted by atomic mass is 16.4. The molecule has 1 unspecified atom stereocenters. The van der Waals surface area contributed by atoms with Crippen LogP contribution in [0.15, 0.2) is 65.4 Å². The van der Waals surface area contributed by atoms with Crippen LogP contribution in [0.3, 0.4) is 0 Å². The Bertz CT molecular complexity index is 1430. The lowest BCUT2D eigenvalue weighted by Gasteiger charge is -2.54. The van der Waals surface area contributed by atoms with Gasteiger partial charge in [-0.25, -0.2) is 0 Å². The van der Waals surface area contributed by atoms with E-state index < -0.39 is 75.6 Å². The number of carbonyl (C=O) groups excluding carboxylic acids is 3. The van der Waals surface area contributed by atoms with E-state index in [0.29, 0.717) is 5.56 Å². The Labute approximate surface area is 217 Å². The molecule has 7 N–H and O–H groups in total. The third kappa shape index (κ3) is 3.34. The van der Waals surface area contributed by atoms with E-state index in [1.807, 2.05) is 30.3 Å². The molecule has 0 saturated heterocycles. The Morgan fingerprint density at radius 1 is 1.03 bits per heavy atom. The quantitative estimate of drug-likeness (QED) is 0.316. The number of ketones is 2. The van der Waals surface area contributed by atoms with Crippen molar-refractivity contribution in [1.82, 2.24) is 4.90 Å². The van der Waals surface area contributed by atoms with Gasteiger partial charge in [0.05, 0.1) is 23.6 Å². The summed E-state index contributed by atoms with van der Waals surface area (Å²) >= 11 is 0. The van der Waals surface area contributed by atoms with Gasteiger partial charge in [-0.05, 0) is 43.6 Å². The standard InChI is InChI=1S/C28H28N2O8/c1-30(2)21-20-23(33)17-14(11-12-7-4-3-5-8-12)13-9-6-10-15(31)16(13)22(32)18(17)25(35)28(20,38)26(36)19(24(21)34)27(29)37/h3-10,14,17,20-21,23,31-33,36,38H,11H2,1-2H3,(H2,29,37)/t14?,17-,20-,21+,23+,28+/m0/s1. The van der Waals surface area contributed by atoms with Gasteiger partial charge in [-0.2, -0.15) is 0 Å². The normalized spacial score (nSPS) is 30.7. The molecule has 1 fully saturated rings. The molecule has 10 heteroatoms. The minimum Gasteiger partial charge on any atom is -0.508 e. The van der Waals surface area contributed by atoms with E-state index in [9.17, 15) is 39.9 Å². The summed E-state index contributed by atoms with van der Waals surface area (Å²) in [7, 11) is 2.94. The molecule has 2 aromatic carbocycles. The van der Waals surface area contributed by atoms with Crippen LogP contribution < -0.4 is 5.73 Å². The topological polar surface area (TPSA) is 182 Å². The number of rotatable bonds is 4.